The molecule has 1 aromatic rings. The molecule has 0 radical (unpaired) electrons. The number of aryl methyl sites for hydroxylation is 1. The molecule has 1 saturated heterocycles. The third-order valence-electron chi connectivity index (χ3n) is 5.24. The van der Waals surface area contributed by atoms with Gasteiger partial charge in [0.05, 0.1) is 25.4 Å². The van der Waals surface area contributed by atoms with E-state index in [-0.39, 0.29) is 24.2 Å². The second kappa shape index (κ2) is 8.10. The summed E-state index contributed by atoms with van der Waals surface area (Å²) in [4.78, 5) is 14.8. The van der Waals surface area contributed by atoms with Gasteiger partial charge in [-0.1, -0.05) is 25.1 Å². The lowest BCUT2D eigenvalue weighted by molar-refractivity contribution is -0.130. The summed E-state index contributed by atoms with van der Waals surface area (Å²) in [6.07, 6.45) is 4.43. The van der Waals surface area contributed by atoms with Crippen molar-refractivity contribution in [2.45, 2.75) is 50.9 Å². The van der Waals surface area contributed by atoms with Crippen LogP contribution in [0.15, 0.2) is 24.3 Å². The van der Waals surface area contributed by atoms with Gasteiger partial charge in [0.15, 0.2) is 0 Å². The van der Waals surface area contributed by atoms with Crippen LogP contribution in [0.2, 0.25) is 0 Å². The normalized spacial score (nSPS) is 27.5. The van der Waals surface area contributed by atoms with Crippen LogP contribution < -0.4 is 5.32 Å². The molecule has 1 N–H and O–H groups in total. The lowest BCUT2D eigenvalue weighted by Crippen LogP contribution is -2.56. The Balaban J connectivity index is 1.62. The number of amides is 1. The highest BCUT2D eigenvalue weighted by Crippen LogP contribution is 2.30. The predicted octanol–water partition coefficient (Wildman–Crippen LogP) is 2.46. The van der Waals surface area contributed by atoms with Gasteiger partial charge in [0.25, 0.3) is 0 Å². The zero-order chi connectivity index (χ0) is 16.9. The molecule has 1 heterocycles. The number of fused-ring (bicyclic) bond motifs is 1. The van der Waals surface area contributed by atoms with E-state index in [0.29, 0.717) is 13.2 Å². The molecule has 5 nitrogen and oxygen atoms in total. The molecule has 3 rings (SSSR count). The summed E-state index contributed by atoms with van der Waals surface area (Å²) in [5, 5.41) is 3.08. The van der Waals surface area contributed by atoms with Gasteiger partial charge in [0.1, 0.15) is 0 Å². The number of morpholine rings is 1. The standard InChI is InChI=1S/C19H28N2O3/c1-3-14-6-4-5-7-16(14)20-19(22)13-21-10-11-24-18-9-8-15(23-2)12-17(18)21/h4-7,15,17-18H,3,8-13H2,1-2H3,(H,20,22)/t15-,17+,18-/m1/s1. The van der Waals surface area contributed by atoms with Gasteiger partial charge in [-0.15, -0.1) is 0 Å². The number of hydrogen-bond donors (Lipinski definition) is 1. The predicted molar refractivity (Wildman–Crippen MR) is 94.2 cm³/mol. The lowest BCUT2D eigenvalue weighted by atomic mass is 9.88. The molecule has 1 aliphatic carbocycles. The van der Waals surface area contributed by atoms with Crippen LogP contribution in [-0.2, 0) is 20.7 Å². The maximum atomic E-state index is 12.5. The Morgan fingerprint density at radius 3 is 3.00 bits per heavy atom. The zero-order valence-electron chi connectivity index (χ0n) is 14.7. The van der Waals surface area contributed by atoms with Crippen molar-refractivity contribution < 1.29 is 14.3 Å². The number of carbonyl (C=O) groups is 1. The largest absolute Gasteiger partial charge is 0.381 e. The number of hydrogen-bond acceptors (Lipinski definition) is 4. The molecule has 2 fully saturated rings. The summed E-state index contributed by atoms with van der Waals surface area (Å²) in [5.41, 5.74) is 2.09. The average molecular weight is 332 g/mol. The highest BCUT2D eigenvalue weighted by Gasteiger charge is 2.38. The fourth-order valence-corrected chi connectivity index (χ4v) is 3.88. The Kier molecular flexibility index (Phi) is 5.87. The minimum absolute atomic E-state index is 0.0519. The molecule has 1 saturated carbocycles. The maximum Gasteiger partial charge on any atom is 0.238 e. The number of nitrogens with one attached hydrogen (secondary N) is 1. The van der Waals surface area contributed by atoms with Gasteiger partial charge in [-0.25, -0.2) is 0 Å². The summed E-state index contributed by atoms with van der Waals surface area (Å²) < 4.78 is 11.4. The molecule has 1 aromatic carbocycles. The SMILES string of the molecule is CCc1ccccc1NC(=O)CN1CCO[C@@H]2CC[C@@H](OC)C[C@@H]21. The second-order valence-electron chi connectivity index (χ2n) is 6.68. The van der Waals surface area contributed by atoms with Crippen LogP contribution in [0, 0.1) is 0 Å². The summed E-state index contributed by atoms with van der Waals surface area (Å²) in [7, 11) is 1.77. The Hall–Kier alpha value is -1.43. The van der Waals surface area contributed by atoms with Crippen LogP contribution in [0.4, 0.5) is 5.69 Å². The zero-order valence-corrected chi connectivity index (χ0v) is 14.7. The number of carbonyl (C=O) groups excluding carboxylic acids is 1. The molecule has 3 atom stereocenters. The van der Waals surface area contributed by atoms with E-state index in [1.165, 1.54) is 5.56 Å². The topological polar surface area (TPSA) is 50.8 Å². The number of benzene rings is 1. The van der Waals surface area contributed by atoms with Gasteiger partial charge in [0.2, 0.25) is 5.91 Å². The first-order valence-electron chi connectivity index (χ1n) is 8.97. The van der Waals surface area contributed by atoms with E-state index in [0.717, 1.165) is 37.9 Å². The van der Waals surface area contributed by atoms with Crippen LogP contribution in [0.1, 0.15) is 31.7 Å². The molecule has 1 amide bonds. The van der Waals surface area contributed by atoms with Gasteiger partial charge in [-0.2, -0.15) is 0 Å². The van der Waals surface area contributed by atoms with E-state index in [4.69, 9.17) is 9.47 Å². The molecule has 0 spiro atoms. The molecule has 2 aliphatic rings. The minimum atomic E-state index is 0.0519. The molecule has 0 unspecified atom stereocenters. The molecule has 132 valence electrons. The van der Waals surface area contributed by atoms with Crippen LogP contribution in [0.5, 0.6) is 0 Å². The van der Waals surface area contributed by atoms with Gasteiger partial charge in [-0.3, -0.25) is 9.69 Å². The Labute approximate surface area is 144 Å². The number of anilines is 1. The summed E-state index contributed by atoms with van der Waals surface area (Å²) >= 11 is 0. The Morgan fingerprint density at radius 1 is 1.38 bits per heavy atom. The van der Waals surface area contributed by atoms with Crippen molar-refractivity contribution in [1.82, 2.24) is 4.90 Å². The smallest absolute Gasteiger partial charge is 0.238 e. The second-order valence-corrected chi connectivity index (χ2v) is 6.68. The first-order valence-corrected chi connectivity index (χ1v) is 8.97. The molecule has 1 aliphatic heterocycles. The fourth-order valence-electron chi connectivity index (χ4n) is 3.88. The monoisotopic (exact) mass is 332 g/mol. The highest BCUT2D eigenvalue weighted by molar-refractivity contribution is 5.93. The number of nitrogens with zero attached hydrogens (tertiary/aromatic N) is 1. The fraction of sp³-hybridized carbons (Fsp3) is 0.632. The van der Waals surface area contributed by atoms with Crippen molar-refractivity contribution in [3.8, 4) is 0 Å². The Morgan fingerprint density at radius 2 is 2.21 bits per heavy atom. The molecule has 0 bridgehead atoms. The van der Waals surface area contributed by atoms with E-state index < -0.39 is 0 Å². The van der Waals surface area contributed by atoms with E-state index in [1.807, 2.05) is 18.2 Å². The summed E-state index contributed by atoms with van der Waals surface area (Å²) in [6.45, 7) is 4.03. The third kappa shape index (κ3) is 3.97. The molecule has 0 aromatic heterocycles. The van der Waals surface area contributed by atoms with Crippen molar-refractivity contribution in [3.63, 3.8) is 0 Å². The van der Waals surface area contributed by atoms with Crippen LogP contribution >= 0.6 is 0 Å². The van der Waals surface area contributed by atoms with Gasteiger partial charge < -0.3 is 14.8 Å². The average Bonchev–Trinajstić information content (AvgIpc) is 2.62. The molecule has 5 heteroatoms. The maximum absolute atomic E-state index is 12.5. The van der Waals surface area contributed by atoms with Crippen LogP contribution in [-0.4, -0.2) is 55.9 Å². The van der Waals surface area contributed by atoms with Crippen LogP contribution in [0.25, 0.3) is 0 Å². The van der Waals surface area contributed by atoms with Crippen molar-refractivity contribution in [2.75, 3.05) is 32.1 Å². The van der Waals surface area contributed by atoms with E-state index in [2.05, 4.69) is 23.2 Å². The molecular formula is C19H28N2O3. The minimum Gasteiger partial charge on any atom is -0.381 e. The highest BCUT2D eigenvalue weighted by atomic mass is 16.5. The van der Waals surface area contributed by atoms with E-state index in [1.54, 1.807) is 7.11 Å². The number of para-hydroxylation sites is 1. The summed E-state index contributed by atoms with van der Waals surface area (Å²) in [6, 6.07) is 8.28. The first-order chi connectivity index (χ1) is 11.7. The first kappa shape index (κ1) is 17.4. The molecule has 24 heavy (non-hydrogen) atoms. The molecular weight excluding hydrogens is 304 g/mol. The third-order valence-corrected chi connectivity index (χ3v) is 5.24. The van der Waals surface area contributed by atoms with E-state index >= 15 is 0 Å². The lowest BCUT2D eigenvalue weighted by Gasteiger charge is -2.45. The summed E-state index contributed by atoms with van der Waals surface area (Å²) in [5.74, 6) is 0.0519. The van der Waals surface area contributed by atoms with Crippen molar-refractivity contribution in [2.24, 2.45) is 0 Å². The Bertz CT molecular complexity index is 563. The quantitative estimate of drug-likeness (QED) is 0.900. The number of methoxy groups -OCH3 is 1. The van der Waals surface area contributed by atoms with Gasteiger partial charge >= 0.3 is 0 Å². The number of rotatable bonds is 5. The van der Waals surface area contributed by atoms with E-state index in [9.17, 15) is 4.79 Å². The van der Waals surface area contributed by atoms with Crippen LogP contribution in [0.3, 0.4) is 0 Å². The van der Waals surface area contributed by atoms with Gasteiger partial charge in [-0.05, 0) is 37.3 Å². The van der Waals surface area contributed by atoms with Crippen molar-refractivity contribution >= 4 is 11.6 Å². The van der Waals surface area contributed by atoms with Gasteiger partial charge in [0, 0.05) is 25.4 Å². The van der Waals surface area contributed by atoms with Crippen molar-refractivity contribution in [1.29, 1.82) is 0 Å². The van der Waals surface area contributed by atoms with Crippen molar-refractivity contribution in [3.05, 3.63) is 29.8 Å². The number of ether oxygens (including phenoxy) is 2.